The number of nitrogens with zero attached hydrogens (tertiary/aromatic N) is 5. The molecule has 1 aliphatic heterocycles. The number of anilines is 1. The van der Waals surface area contributed by atoms with Gasteiger partial charge in [0.25, 0.3) is 5.92 Å². The summed E-state index contributed by atoms with van der Waals surface area (Å²) in [5.41, 5.74) is 1.01. The Labute approximate surface area is 171 Å². The van der Waals surface area contributed by atoms with E-state index >= 15 is 0 Å². The number of hydrogen-bond donors (Lipinski definition) is 0. The van der Waals surface area contributed by atoms with Crippen LogP contribution in [-0.2, 0) is 13.0 Å². The van der Waals surface area contributed by atoms with E-state index in [1.165, 1.54) is 6.07 Å². The largest absolute Gasteiger partial charge is 0.368 e. The van der Waals surface area contributed by atoms with Gasteiger partial charge in [-0.1, -0.05) is 0 Å². The third kappa shape index (κ3) is 4.23. The molecule has 1 saturated carbocycles. The quantitative estimate of drug-likeness (QED) is 0.736. The smallest absolute Gasteiger partial charge is 0.251 e. The molecule has 5 nitrogen and oxygen atoms in total. The van der Waals surface area contributed by atoms with Crippen LogP contribution in [0.15, 0.2) is 12.1 Å². The molecule has 1 aromatic carbocycles. The van der Waals surface area contributed by atoms with Crippen molar-refractivity contribution in [1.29, 1.82) is 5.26 Å². The molecule has 154 valence electrons. The van der Waals surface area contributed by atoms with Gasteiger partial charge in [0.05, 0.1) is 12.2 Å². The Morgan fingerprint density at radius 3 is 2.66 bits per heavy atom. The lowest BCUT2D eigenvalue weighted by atomic mass is 10.0. The van der Waals surface area contributed by atoms with Crippen LogP contribution in [0.3, 0.4) is 0 Å². The van der Waals surface area contributed by atoms with E-state index in [1.807, 2.05) is 17.9 Å². The van der Waals surface area contributed by atoms with Crippen LogP contribution in [-0.4, -0.2) is 46.7 Å². The van der Waals surface area contributed by atoms with Crippen molar-refractivity contribution in [2.75, 3.05) is 24.5 Å². The minimum absolute atomic E-state index is 0.0169. The van der Waals surface area contributed by atoms with Gasteiger partial charge in [-0.05, 0) is 38.0 Å². The van der Waals surface area contributed by atoms with Crippen molar-refractivity contribution in [3.8, 4) is 6.07 Å². The Morgan fingerprint density at radius 1 is 1.31 bits per heavy atom. The first-order chi connectivity index (χ1) is 13.8. The predicted molar refractivity (Wildman–Crippen MR) is 105 cm³/mol. The van der Waals surface area contributed by atoms with Crippen LogP contribution in [0, 0.1) is 30.0 Å². The summed E-state index contributed by atoms with van der Waals surface area (Å²) in [5, 5.41) is 19.6. The van der Waals surface area contributed by atoms with E-state index < -0.39 is 17.7 Å². The van der Waals surface area contributed by atoms with Gasteiger partial charge in [-0.25, -0.2) is 13.2 Å². The highest BCUT2D eigenvalue weighted by atomic mass is 32.1. The van der Waals surface area contributed by atoms with Gasteiger partial charge in [-0.3, -0.25) is 4.90 Å². The zero-order valence-corrected chi connectivity index (χ0v) is 17.1. The van der Waals surface area contributed by atoms with Gasteiger partial charge >= 0.3 is 0 Å². The number of alkyl halides is 2. The molecule has 0 radical (unpaired) electrons. The summed E-state index contributed by atoms with van der Waals surface area (Å²) in [7, 11) is 0. The summed E-state index contributed by atoms with van der Waals surface area (Å²) in [6.45, 7) is 6.68. The Kier molecular flexibility index (Phi) is 5.25. The Morgan fingerprint density at radius 2 is 2.07 bits per heavy atom. The van der Waals surface area contributed by atoms with Crippen molar-refractivity contribution in [2.45, 2.75) is 45.2 Å². The summed E-state index contributed by atoms with van der Waals surface area (Å²) in [6.07, 6.45) is -0.0146. The first-order valence-electron chi connectivity index (χ1n) is 9.65. The summed E-state index contributed by atoms with van der Waals surface area (Å²) in [4.78, 5) is 4.27. The van der Waals surface area contributed by atoms with E-state index in [0.29, 0.717) is 30.9 Å². The fourth-order valence-corrected chi connectivity index (χ4v) is 4.66. The number of rotatable bonds is 5. The van der Waals surface area contributed by atoms with Gasteiger partial charge in [0.1, 0.15) is 27.5 Å². The predicted octanol–water partition coefficient (Wildman–Crippen LogP) is 3.77. The first kappa shape index (κ1) is 20.1. The number of benzene rings is 1. The van der Waals surface area contributed by atoms with Crippen molar-refractivity contribution < 1.29 is 13.2 Å². The highest BCUT2D eigenvalue weighted by Gasteiger charge is 2.56. The Balaban J connectivity index is 1.50. The molecule has 2 fully saturated rings. The zero-order valence-electron chi connectivity index (χ0n) is 16.3. The fourth-order valence-electron chi connectivity index (χ4n) is 3.92. The molecular weight excluding hydrogens is 399 g/mol. The maximum atomic E-state index is 14.5. The summed E-state index contributed by atoms with van der Waals surface area (Å²) >= 11 is 1.57. The summed E-state index contributed by atoms with van der Waals surface area (Å²) in [6, 6.07) is 5.06. The molecule has 2 aromatic rings. The molecule has 29 heavy (non-hydrogen) atoms. The molecule has 4 rings (SSSR count). The lowest BCUT2D eigenvalue weighted by Gasteiger charge is -2.41. The number of nitriles is 1. The van der Waals surface area contributed by atoms with Crippen molar-refractivity contribution in [1.82, 2.24) is 15.1 Å². The minimum Gasteiger partial charge on any atom is -0.368 e. The van der Waals surface area contributed by atoms with Crippen LogP contribution in [0.2, 0.25) is 0 Å². The Bertz CT molecular complexity index is 954. The van der Waals surface area contributed by atoms with E-state index in [-0.39, 0.29) is 24.4 Å². The second-order valence-electron chi connectivity index (χ2n) is 7.93. The number of hydrogen-bond acceptors (Lipinski definition) is 6. The molecule has 0 amide bonds. The molecular formula is C20H22F3N5S. The number of piperazine rings is 1. The van der Waals surface area contributed by atoms with Crippen LogP contribution in [0.1, 0.15) is 34.5 Å². The average molecular weight is 421 g/mol. The summed E-state index contributed by atoms with van der Waals surface area (Å²) < 4.78 is 41.1. The number of aryl methyl sites for hydroxylation is 1. The third-order valence-corrected chi connectivity index (χ3v) is 6.51. The minimum atomic E-state index is -2.65. The molecule has 1 saturated heterocycles. The number of aromatic nitrogens is 2. The van der Waals surface area contributed by atoms with Crippen molar-refractivity contribution >= 4 is 17.0 Å². The molecule has 0 bridgehead atoms. The third-order valence-electron chi connectivity index (χ3n) is 5.69. The normalized spacial score (nSPS) is 23.8. The maximum Gasteiger partial charge on any atom is 0.251 e. The van der Waals surface area contributed by atoms with Gasteiger partial charge in [0.15, 0.2) is 0 Å². The van der Waals surface area contributed by atoms with E-state index in [9.17, 15) is 18.4 Å². The topological polar surface area (TPSA) is 56.1 Å². The second kappa shape index (κ2) is 7.58. The monoisotopic (exact) mass is 421 g/mol. The molecule has 1 aliphatic carbocycles. The molecule has 9 heteroatoms. The maximum absolute atomic E-state index is 14.5. The standard InChI is InChI=1S/C20H22F3N5S/c1-12-10-28(4-3-27(12)11-19-26-25-13(2)29-19)18-7-14(5-15-8-20(15,22)23)6-17(21)16(18)9-24/h6-7,12,15H,3-5,8,10-11H2,1-2H3/t12-,15-/m0/s1. The second-order valence-corrected chi connectivity index (χ2v) is 9.20. The molecule has 2 atom stereocenters. The van der Waals surface area contributed by atoms with Crippen molar-refractivity contribution in [3.05, 3.63) is 39.1 Å². The van der Waals surface area contributed by atoms with Gasteiger partial charge in [-0.2, -0.15) is 5.26 Å². The van der Waals surface area contributed by atoms with Crippen LogP contribution in [0.25, 0.3) is 0 Å². The lowest BCUT2D eigenvalue weighted by Crippen LogP contribution is -2.51. The average Bonchev–Trinajstić information content (AvgIpc) is 3.05. The van der Waals surface area contributed by atoms with Crippen LogP contribution >= 0.6 is 11.3 Å². The first-order valence-corrected chi connectivity index (χ1v) is 10.5. The molecule has 0 spiro atoms. The summed E-state index contributed by atoms with van der Waals surface area (Å²) in [5.74, 6) is -4.01. The molecule has 2 heterocycles. The van der Waals surface area contributed by atoms with Gasteiger partial charge in [0.2, 0.25) is 0 Å². The van der Waals surface area contributed by atoms with Crippen molar-refractivity contribution in [2.24, 2.45) is 5.92 Å². The molecule has 1 aromatic heterocycles. The van der Waals surface area contributed by atoms with E-state index in [1.54, 1.807) is 17.4 Å². The van der Waals surface area contributed by atoms with E-state index in [4.69, 9.17) is 0 Å². The van der Waals surface area contributed by atoms with E-state index in [2.05, 4.69) is 22.0 Å². The fraction of sp³-hybridized carbons (Fsp3) is 0.550. The molecule has 2 aliphatic rings. The lowest BCUT2D eigenvalue weighted by molar-refractivity contribution is 0.0989. The van der Waals surface area contributed by atoms with Crippen LogP contribution in [0.4, 0.5) is 18.9 Å². The Hall–Kier alpha value is -2.18. The van der Waals surface area contributed by atoms with E-state index in [0.717, 1.165) is 16.6 Å². The highest BCUT2D eigenvalue weighted by molar-refractivity contribution is 7.11. The molecule has 0 N–H and O–H groups in total. The number of halogens is 3. The van der Waals surface area contributed by atoms with Gasteiger partial charge in [0, 0.05) is 38.0 Å². The van der Waals surface area contributed by atoms with Crippen LogP contribution < -0.4 is 4.90 Å². The van der Waals surface area contributed by atoms with Crippen molar-refractivity contribution in [3.63, 3.8) is 0 Å². The SMILES string of the molecule is Cc1nnc(CN2CCN(c3cc(C[C@H]4CC4(F)F)cc(F)c3C#N)C[C@@H]2C)s1. The van der Waals surface area contributed by atoms with Gasteiger partial charge in [-0.15, -0.1) is 21.5 Å². The van der Waals surface area contributed by atoms with Crippen LogP contribution in [0.5, 0.6) is 0 Å². The van der Waals surface area contributed by atoms with Gasteiger partial charge < -0.3 is 4.90 Å². The molecule has 0 unspecified atom stereocenters. The zero-order chi connectivity index (χ0) is 20.8. The highest BCUT2D eigenvalue weighted by Crippen LogP contribution is 2.50.